The number of anilines is 1. The Labute approximate surface area is 105 Å². The SMILES string of the molecule is CCOC(C)CNc1ccc(C#N)c(Br)c1. The minimum Gasteiger partial charge on any atom is -0.382 e. The van der Waals surface area contributed by atoms with Crippen molar-refractivity contribution >= 4 is 21.6 Å². The fraction of sp³-hybridized carbons (Fsp3) is 0.417. The third-order valence-corrected chi connectivity index (χ3v) is 2.79. The monoisotopic (exact) mass is 282 g/mol. The molecule has 0 bridgehead atoms. The average Bonchev–Trinajstić information content (AvgIpc) is 2.27. The van der Waals surface area contributed by atoms with Gasteiger partial charge < -0.3 is 10.1 Å². The second-order valence-corrected chi connectivity index (χ2v) is 4.31. The van der Waals surface area contributed by atoms with Gasteiger partial charge in [0.05, 0.1) is 11.7 Å². The molecule has 0 heterocycles. The molecule has 0 fully saturated rings. The maximum atomic E-state index is 8.78. The molecule has 1 N–H and O–H groups in total. The zero-order chi connectivity index (χ0) is 12.0. The largest absolute Gasteiger partial charge is 0.382 e. The van der Waals surface area contributed by atoms with Crippen LogP contribution in [0.25, 0.3) is 0 Å². The molecule has 0 radical (unpaired) electrons. The Balaban J connectivity index is 2.56. The highest BCUT2D eigenvalue weighted by molar-refractivity contribution is 9.10. The zero-order valence-electron chi connectivity index (χ0n) is 9.46. The Kier molecular flexibility index (Phi) is 5.30. The molecule has 0 saturated carbocycles. The van der Waals surface area contributed by atoms with E-state index in [9.17, 15) is 0 Å². The number of rotatable bonds is 5. The quantitative estimate of drug-likeness (QED) is 0.902. The van der Waals surface area contributed by atoms with Crippen LogP contribution in [0.5, 0.6) is 0 Å². The molecular formula is C12H15BrN2O. The lowest BCUT2D eigenvalue weighted by Gasteiger charge is -2.13. The van der Waals surface area contributed by atoms with Gasteiger partial charge in [0.2, 0.25) is 0 Å². The van der Waals surface area contributed by atoms with Gasteiger partial charge in [0, 0.05) is 23.3 Å². The summed E-state index contributed by atoms with van der Waals surface area (Å²) in [6, 6.07) is 7.69. The highest BCUT2D eigenvalue weighted by atomic mass is 79.9. The molecule has 1 aromatic rings. The number of nitriles is 1. The molecule has 1 atom stereocenters. The summed E-state index contributed by atoms with van der Waals surface area (Å²) in [6.07, 6.45) is 0.180. The molecule has 0 aliphatic heterocycles. The van der Waals surface area contributed by atoms with Gasteiger partial charge >= 0.3 is 0 Å². The number of ether oxygens (including phenoxy) is 1. The minimum absolute atomic E-state index is 0.180. The van der Waals surface area contributed by atoms with Crippen molar-refractivity contribution in [2.24, 2.45) is 0 Å². The summed E-state index contributed by atoms with van der Waals surface area (Å²) >= 11 is 3.35. The molecule has 0 spiro atoms. The van der Waals surface area contributed by atoms with Crippen LogP contribution in [0.3, 0.4) is 0 Å². The Bertz CT molecular complexity index is 387. The van der Waals surface area contributed by atoms with Crippen molar-refractivity contribution in [2.75, 3.05) is 18.5 Å². The van der Waals surface area contributed by atoms with Gasteiger partial charge in [-0.2, -0.15) is 5.26 Å². The summed E-state index contributed by atoms with van der Waals surface area (Å²) in [5.74, 6) is 0. The van der Waals surface area contributed by atoms with Crippen LogP contribution in [0.2, 0.25) is 0 Å². The Morgan fingerprint density at radius 2 is 2.31 bits per heavy atom. The fourth-order valence-corrected chi connectivity index (χ4v) is 1.79. The molecule has 1 unspecified atom stereocenters. The predicted molar refractivity (Wildman–Crippen MR) is 68.4 cm³/mol. The van der Waals surface area contributed by atoms with Crippen molar-refractivity contribution < 1.29 is 4.74 Å². The maximum Gasteiger partial charge on any atom is 0.100 e. The Hall–Kier alpha value is -1.05. The first-order chi connectivity index (χ1) is 7.67. The molecule has 0 amide bonds. The molecule has 16 heavy (non-hydrogen) atoms. The summed E-state index contributed by atoms with van der Waals surface area (Å²) in [5, 5.41) is 12.0. The summed E-state index contributed by atoms with van der Waals surface area (Å²) in [6.45, 7) is 5.48. The normalized spacial score (nSPS) is 11.9. The molecular weight excluding hydrogens is 268 g/mol. The minimum atomic E-state index is 0.180. The first-order valence-corrected chi connectivity index (χ1v) is 6.01. The molecule has 4 heteroatoms. The van der Waals surface area contributed by atoms with E-state index >= 15 is 0 Å². The van der Waals surface area contributed by atoms with E-state index in [1.54, 1.807) is 6.07 Å². The van der Waals surface area contributed by atoms with Crippen LogP contribution in [0, 0.1) is 11.3 Å². The summed E-state index contributed by atoms with van der Waals surface area (Å²) in [7, 11) is 0. The van der Waals surface area contributed by atoms with Crippen LogP contribution in [-0.2, 0) is 4.74 Å². The van der Waals surface area contributed by atoms with Gasteiger partial charge in [-0.25, -0.2) is 0 Å². The van der Waals surface area contributed by atoms with Crippen molar-refractivity contribution in [2.45, 2.75) is 20.0 Å². The molecule has 1 rings (SSSR count). The van der Waals surface area contributed by atoms with Gasteiger partial charge in [-0.05, 0) is 48.0 Å². The van der Waals surface area contributed by atoms with Gasteiger partial charge in [0.15, 0.2) is 0 Å². The summed E-state index contributed by atoms with van der Waals surface area (Å²) in [5.41, 5.74) is 1.63. The van der Waals surface area contributed by atoms with E-state index in [0.29, 0.717) is 5.56 Å². The van der Waals surface area contributed by atoms with Crippen LogP contribution < -0.4 is 5.32 Å². The standard InChI is InChI=1S/C12H15BrN2O/c1-3-16-9(2)8-15-11-5-4-10(7-14)12(13)6-11/h4-6,9,15H,3,8H2,1-2H3. The van der Waals surface area contributed by atoms with E-state index in [4.69, 9.17) is 10.00 Å². The molecule has 0 aliphatic rings. The van der Waals surface area contributed by atoms with Crippen LogP contribution in [0.4, 0.5) is 5.69 Å². The van der Waals surface area contributed by atoms with Crippen LogP contribution in [-0.4, -0.2) is 19.3 Å². The second kappa shape index (κ2) is 6.51. The number of benzene rings is 1. The van der Waals surface area contributed by atoms with E-state index in [1.165, 1.54) is 0 Å². The van der Waals surface area contributed by atoms with Crippen molar-refractivity contribution in [3.8, 4) is 6.07 Å². The van der Waals surface area contributed by atoms with Gasteiger partial charge in [-0.1, -0.05) is 0 Å². The number of nitrogens with one attached hydrogen (secondary N) is 1. The van der Waals surface area contributed by atoms with Gasteiger partial charge in [-0.15, -0.1) is 0 Å². The van der Waals surface area contributed by atoms with E-state index in [2.05, 4.69) is 27.3 Å². The molecule has 1 aromatic carbocycles. The first-order valence-electron chi connectivity index (χ1n) is 5.22. The lowest BCUT2D eigenvalue weighted by atomic mass is 10.2. The van der Waals surface area contributed by atoms with Crippen LogP contribution in [0.1, 0.15) is 19.4 Å². The third-order valence-electron chi connectivity index (χ3n) is 2.13. The van der Waals surface area contributed by atoms with E-state index < -0.39 is 0 Å². The lowest BCUT2D eigenvalue weighted by molar-refractivity contribution is 0.0855. The van der Waals surface area contributed by atoms with Gasteiger partial charge in [0.1, 0.15) is 6.07 Å². The zero-order valence-corrected chi connectivity index (χ0v) is 11.0. The molecule has 0 saturated heterocycles. The summed E-state index contributed by atoms with van der Waals surface area (Å²) in [4.78, 5) is 0. The van der Waals surface area contributed by atoms with Crippen molar-refractivity contribution in [1.29, 1.82) is 5.26 Å². The number of halogens is 1. The molecule has 3 nitrogen and oxygen atoms in total. The number of hydrogen-bond donors (Lipinski definition) is 1. The smallest absolute Gasteiger partial charge is 0.100 e. The van der Waals surface area contributed by atoms with E-state index in [-0.39, 0.29) is 6.10 Å². The third kappa shape index (κ3) is 3.84. The van der Waals surface area contributed by atoms with Crippen LogP contribution >= 0.6 is 15.9 Å². The van der Waals surface area contributed by atoms with Crippen molar-refractivity contribution in [1.82, 2.24) is 0 Å². The Morgan fingerprint density at radius 1 is 1.56 bits per heavy atom. The predicted octanol–water partition coefficient (Wildman–Crippen LogP) is 3.16. The molecule has 86 valence electrons. The van der Waals surface area contributed by atoms with E-state index in [0.717, 1.165) is 23.3 Å². The van der Waals surface area contributed by atoms with Gasteiger partial charge in [0.25, 0.3) is 0 Å². The second-order valence-electron chi connectivity index (χ2n) is 3.45. The van der Waals surface area contributed by atoms with Gasteiger partial charge in [-0.3, -0.25) is 0 Å². The lowest BCUT2D eigenvalue weighted by Crippen LogP contribution is -2.19. The first kappa shape index (κ1) is 13.0. The highest BCUT2D eigenvalue weighted by Crippen LogP contribution is 2.20. The fourth-order valence-electron chi connectivity index (χ4n) is 1.32. The number of hydrogen-bond acceptors (Lipinski definition) is 3. The Morgan fingerprint density at radius 3 is 2.88 bits per heavy atom. The maximum absolute atomic E-state index is 8.78. The summed E-state index contributed by atoms with van der Waals surface area (Å²) < 4.78 is 6.22. The molecule has 0 aliphatic carbocycles. The van der Waals surface area contributed by atoms with E-state index in [1.807, 2.05) is 26.0 Å². The topological polar surface area (TPSA) is 45.0 Å². The average molecular weight is 283 g/mol. The highest BCUT2D eigenvalue weighted by Gasteiger charge is 2.03. The number of nitrogens with zero attached hydrogens (tertiary/aromatic N) is 1. The van der Waals surface area contributed by atoms with Crippen molar-refractivity contribution in [3.63, 3.8) is 0 Å². The van der Waals surface area contributed by atoms with Crippen molar-refractivity contribution in [3.05, 3.63) is 28.2 Å². The molecule has 0 aromatic heterocycles. The van der Waals surface area contributed by atoms with Crippen LogP contribution in [0.15, 0.2) is 22.7 Å².